The Morgan fingerprint density at radius 1 is 1.46 bits per heavy atom. The van der Waals surface area contributed by atoms with Crippen LogP contribution in [0.15, 0.2) is 4.79 Å². The number of rotatable bonds is 5. The van der Waals surface area contributed by atoms with Gasteiger partial charge < -0.3 is 5.11 Å². The number of carboxylic acids is 1. The third kappa shape index (κ3) is 2.77. The summed E-state index contributed by atoms with van der Waals surface area (Å²) in [5.41, 5.74) is 0.951. The summed E-state index contributed by atoms with van der Waals surface area (Å²) in [5, 5.41) is 10.2. The van der Waals surface area contributed by atoms with E-state index in [4.69, 9.17) is 4.98 Å². The summed E-state index contributed by atoms with van der Waals surface area (Å²) in [5.74, 6) is 0.275. The van der Waals surface area contributed by atoms with E-state index in [9.17, 15) is 14.7 Å². The molecular formula is C18H24N2O3S. The highest BCUT2D eigenvalue weighted by molar-refractivity contribution is 7.18. The first-order chi connectivity index (χ1) is 11.5. The van der Waals surface area contributed by atoms with Crippen LogP contribution in [-0.2, 0) is 24.1 Å². The van der Waals surface area contributed by atoms with Crippen molar-refractivity contribution in [3.63, 3.8) is 0 Å². The summed E-state index contributed by atoms with van der Waals surface area (Å²) >= 11 is 1.62. The Labute approximate surface area is 145 Å². The van der Waals surface area contributed by atoms with Crippen molar-refractivity contribution in [2.75, 3.05) is 0 Å². The van der Waals surface area contributed by atoms with Crippen LogP contribution >= 0.6 is 11.3 Å². The number of thiophene rings is 1. The standard InChI is InChI=1S/C18H24N2O3S/c1-4-6-14-19-16-15(11-8-7-10(3)9-13(11)24-16)17(21)20(14)12(5-2)18(22)23/h10,12H,4-9H2,1-3H3,(H,22,23). The molecule has 1 aliphatic rings. The normalized spacial score (nSPS) is 18.5. The maximum atomic E-state index is 13.2. The first-order valence-electron chi connectivity index (χ1n) is 8.76. The van der Waals surface area contributed by atoms with Gasteiger partial charge >= 0.3 is 5.97 Å². The van der Waals surface area contributed by atoms with Gasteiger partial charge in [-0.05, 0) is 43.6 Å². The Hall–Kier alpha value is -1.69. The Kier molecular flexibility index (Phi) is 4.76. The zero-order valence-corrected chi connectivity index (χ0v) is 15.3. The van der Waals surface area contributed by atoms with Gasteiger partial charge in [-0.15, -0.1) is 11.3 Å². The van der Waals surface area contributed by atoms with Crippen molar-refractivity contribution in [3.05, 3.63) is 26.6 Å². The molecule has 3 rings (SSSR count). The van der Waals surface area contributed by atoms with Gasteiger partial charge in [0.15, 0.2) is 0 Å². The van der Waals surface area contributed by atoms with Crippen LogP contribution in [-0.4, -0.2) is 20.6 Å². The lowest BCUT2D eigenvalue weighted by Gasteiger charge is -2.19. The molecule has 1 N–H and O–H groups in total. The molecule has 6 heteroatoms. The summed E-state index contributed by atoms with van der Waals surface area (Å²) in [6.45, 7) is 6.05. The molecule has 0 spiro atoms. The van der Waals surface area contributed by atoms with Crippen molar-refractivity contribution < 1.29 is 9.90 Å². The predicted molar refractivity (Wildman–Crippen MR) is 96.0 cm³/mol. The first kappa shape index (κ1) is 17.1. The lowest BCUT2D eigenvalue weighted by atomic mass is 9.89. The van der Waals surface area contributed by atoms with E-state index in [0.29, 0.717) is 30.0 Å². The predicted octanol–water partition coefficient (Wildman–Crippen LogP) is 3.57. The van der Waals surface area contributed by atoms with E-state index < -0.39 is 12.0 Å². The Morgan fingerprint density at radius 3 is 2.83 bits per heavy atom. The topological polar surface area (TPSA) is 72.2 Å². The Morgan fingerprint density at radius 2 is 2.21 bits per heavy atom. The second kappa shape index (κ2) is 6.67. The van der Waals surface area contributed by atoms with Crippen LogP contribution in [0.1, 0.15) is 62.3 Å². The fourth-order valence-corrected chi connectivity index (χ4v) is 5.03. The van der Waals surface area contributed by atoms with Gasteiger partial charge in [0.25, 0.3) is 5.56 Å². The maximum Gasteiger partial charge on any atom is 0.326 e. The van der Waals surface area contributed by atoms with E-state index in [1.54, 1.807) is 18.3 Å². The molecule has 5 nitrogen and oxygen atoms in total. The molecule has 130 valence electrons. The summed E-state index contributed by atoms with van der Waals surface area (Å²) in [4.78, 5) is 31.6. The Balaban J connectivity index is 2.29. The van der Waals surface area contributed by atoms with Crippen molar-refractivity contribution in [2.45, 2.75) is 65.3 Å². The molecule has 2 unspecified atom stereocenters. The molecule has 2 heterocycles. The van der Waals surface area contributed by atoms with Crippen LogP contribution in [0, 0.1) is 5.92 Å². The van der Waals surface area contributed by atoms with Gasteiger partial charge in [-0.3, -0.25) is 9.36 Å². The van der Waals surface area contributed by atoms with Gasteiger partial charge in [0.2, 0.25) is 0 Å². The van der Waals surface area contributed by atoms with Gasteiger partial charge in [-0.2, -0.15) is 0 Å². The van der Waals surface area contributed by atoms with E-state index in [1.807, 2.05) is 6.92 Å². The van der Waals surface area contributed by atoms with Crippen LogP contribution in [0.25, 0.3) is 10.2 Å². The summed E-state index contributed by atoms with van der Waals surface area (Å²) in [6.07, 6.45) is 4.79. The number of aryl methyl sites for hydroxylation is 2. The van der Waals surface area contributed by atoms with Gasteiger partial charge in [0, 0.05) is 11.3 Å². The van der Waals surface area contributed by atoms with Gasteiger partial charge in [-0.1, -0.05) is 20.8 Å². The molecule has 0 saturated heterocycles. The van der Waals surface area contributed by atoms with E-state index in [2.05, 4.69) is 6.92 Å². The zero-order valence-electron chi connectivity index (χ0n) is 14.5. The molecule has 1 aliphatic carbocycles. The van der Waals surface area contributed by atoms with Crippen LogP contribution in [0.4, 0.5) is 0 Å². The van der Waals surface area contributed by atoms with Crippen LogP contribution < -0.4 is 5.56 Å². The lowest BCUT2D eigenvalue weighted by Crippen LogP contribution is -2.33. The SMILES string of the molecule is CCCc1nc2sc3c(c2c(=O)n1C(CC)C(=O)O)CCC(C)C3. The fourth-order valence-electron chi connectivity index (χ4n) is 3.63. The highest BCUT2D eigenvalue weighted by Gasteiger charge is 2.28. The van der Waals surface area contributed by atoms with E-state index in [-0.39, 0.29) is 5.56 Å². The molecular weight excluding hydrogens is 324 g/mol. The van der Waals surface area contributed by atoms with Crippen molar-refractivity contribution >= 4 is 27.5 Å². The van der Waals surface area contributed by atoms with Crippen molar-refractivity contribution in [2.24, 2.45) is 5.92 Å². The molecule has 0 amide bonds. The molecule has 0 radical (unpaired) electrons. The molecule has 2 aromatic heterocycles. The maximum absolute atomic E-state index is 13.2. The highest BCUT2D eigenvalue weighted by atomic mass is 32.1. The minimum Gasteiger partial charge on any atom is -0.480 e. The van der Waals surface area contributed by atoms with E-state index in [1.165, 1.54) is 9.44 Å². The molecule has 0 saturated carbocycles. The third-order valence-corrected chi connectivity index (χ3v) is 6.04. The molecule has 0 aliphatic heterocycles. The van der Waals surface area contributed by atoms with Crippen molar-refractivity contribution in [3.8, 4) is 0 Å². The van der Waals surface area contributed by atoms with Gasteiger partial charge in [0.1, 0.15) is 16.7 Å². The van der Waals surface area contributed by atoms with Crippen LogP contribution in [0.3, 0.4) is 0 Å². The van der Waals surface area contributed by atoms with Crippen molar-refractivity contribution in [1.29, 1.82) is 0 Å². The minimum absolute atomic E-state index is 0.162. The summed E-state index contributed by atoms with van der Waals surface area (Å²) in [7, 11) is 0. The number of fused-ring (bicyclic) bond motifs is 3. The molecule has 24 heavy (non-hydrogen) atoms. The van der Waals surface area contributed by atoms with E-state index >= 15 is 0 Å². The molecule has 0 aromatic carbocycles. The number of carbonyl (C=O) groups is 1. The number of aliphatic carboxylic acids is 1. The molecule has 2 aromatic rings. The quantitative estimate of drug-likeness (QED) is 0.896. The van der Waals surface area contributed by atoms with Crippen LogP contribution in [0.5, 0.6) is 0 Å². The van der Waals surface area contributed by atoms with Gasteiger partial charge in [0.05, 0.1) is 5.39 Å². The zero-order chi connectivity index (χ0) is 17.4. The first-order valence-corrected chi connectivity index (χ1v) is 9.57. The average Bonchev–Trinajstić information content (AvgIpc) is 2.88. The van der Waals surface area contributed by atoms with E-state index in [0.717, 1.165) is 36.1 Å². The number of aromatic nitrogens is 2. The fraction of sp³-hybridized carbons (Fsp3) is 0.611. The highest BCUT2D eigenvalue weighted by Crippen LogP contribution is 2.36. The molecule has 2 atom stereocenters. The molecule has 0 fully saturated rings. The number of hydrogen-bond acceptors (Lipinski definition) is 4. The number of carboxylic acid groups (broad SMARTS) is 1. The monoisotopic (exact) mass is 348 g/mol. The lowest BCUT2D eigenvalue weighted by molar-refractivity contribution is -0.141. The largest absolute Gasteiger partial charge is 0.480 e. The Bertz CT molecular complexity index is 837. The second-order valence-corrected chi connectivity index (χ2v) is 7.83. The smallest absolute Gasteiger partial charge is 0.326 e. The van der Waals surface area contributed by atoms with Crippen LogP contribution in [0.2, 0.25) is 0 Å². The van der Waals surface area contributed by atoms with Gasteiger partial charge in [-0.25, -0.2) is 9.78 Å². The average molecular weight is 348 g/mol. The summed E-state index contributed by atoms with van der Waals surface area (Å²) < 4.78 is 1.44. The minimum atomic E-state index is -0.962. The molecule has 0 bridgehead atoms. The number of nitrogens with zero attached hydrogens (tertiary/aromatic N) is 2. The summed E-state index contributed by atoms with van der Waals surface area (Å²) in [6, 6.07) is -0.839. The second-order valence-electron chi connectivity index (χ2n) is 6.75. The van der Waals surface area contributed by atoms with Crippen molar-refractivity contribution in [1.82, 2.24) is 9.55 Å². The third-order valence-electron chi connectivity index (χ3n) is 4.89. The number of hydrogen-bond donors (Lipinski definition) is 1.